The van der Waals surface area contributed by atoms with E-state index in [0.717, 1.165) is 5.56 Å². The summed E-state index contributed by atoms with van der Waals surface area (Å²) in [6.07, 6.45) is 1.11. The smallest absolute Gasteiger partial charge is 0.257 e. The summed E-state index contributed by atoms with van der Waals surface area (Å²) in [5.74, 6) is -0.236. The minimum Gasteiger partial charge on any atom is -0.359 e. The lowest BCUT2D eigenvalue weighted by Gasteiger charge is -2.07. The van der Waals surface area contributed by atoms with E-state index in [2.05, 4.69) is 10.6 Å². The van der Waals surface area contributed by atoms with Crippen LogP contribution in [0.15, 0.2) is 48.5 Å². The summed E-state index contributed by atoms with van der Waals surface area (Å²) in [6, 6.07) is 14.3. The number of amides is 2. The Morgan fingerprint density at radius 3 is 2.36 bits per heavy atom. The van der Waals surface area contributed by atoms with Crippen molar-refractivity contribution in [3.8, 4) is 0 Å². The van der Waals surface area contributed by atoms with Gasteiger partial charge in [0.05, 0.1) is 10.6 Å². The number of hydrogen-bond acceptors (Lipinski definition) is 2. The van der Waals surface area contributed by atoms with Gasteiger partial charge in [0.2, 0.25) is 5.91 Å². The third-order valence-electron chi connectivity index (χ3n) is 3.25. The van der Waals surface area contributed by atoms with Gasteiger partial charge in [0, 0.05) is 19.2 Å². The average Bonchev–Trinajstić information content (AvgIpc) is 2.54. The first-order valence-corrected chi connectivity index (χ1v) is 7.33. The van der Waals surface area contributed by atoms with E-state index in [1.165, 1.54) is 0 Å². The summed E-state index contributed by atoms with van der Waals surface area (Å²) in [4.78, 5) is 23.3. The summed E-state index contributed by atoms with van der Waals surface area (Å²) >= 11 is 6.00. The molecule has 0 aliphatic carbocycles. The second-order valence-electron chi connectivity index (χ2n) is 4.80. The van der Waals surface area contributed by atoms with Gasteiger partial charge in [0.15, 0.2) is 0 Å². The van der Waals surface area contributed by atoms with Crippen LogP contribution in [0.4, 0.5) is 5.69 Å². The molecule has 0 atom stereocenters. The molecule has 2 aromatic carbocycles. The van der Waals surface area contributed by atoms with Crippen molar-refractivity contribution in [2.24, 2.45) is 0 Å². The molecule has 114 valence electrons. The van der Waals surface area contributed by atoms with Gasteiger partial charge in [0.25, 0.3) is 5.91 Å². The van der Waals surface area contributed by atoms with E-state index in [4.69, 9.17) is 11.6 Å². The fourth-order valence-corrected chi connectivity index (χ4v) is 2.20. The molecular weight excluding hydrogens is 300 g/mol. The Balaban J connectivity index is 1.98. The number of aryl methyl sites for hydroxylation is 1. The van der Waals surface area contributed by atoms with Gasteiger partial charge in [-0.25, -0.2) is 0 Å². The van der Waals surface area contributed by atoms with Crippen molar-refractivity contribution in [3.05, 3.63) is 64.7 Å². The van der Waals surface area contributed by atoms with E-state index in [-0.39, 0.29) is 11.8 Å². The molecule has 0 heterocycles. The fourth-order valence-electron chi connectivity index (χ4n) is 1.98. The molecule has 0 radical (unpaired) electrons. The van der Waals surface area contributed by atoms with E-state index in [1.807, 2.05) is 24.3 Å². The molecule has 0 aromatic heterocycles. The van der Waals surface area contributed by atoms with Gasteiger partial charge in [-0.3, -0.25) is 9.59 Å². The van der Waals surface area contributed by atoms with Gasteiger partial charge in [-0.05, 0) is 36.2 Å². The highest BCUT2D eigenvalue weighted by Gasteiger charge is 2.09. The van der Waals surface area contributed by atoms with Crippen LogP contribution in [0.25, 0.3) is 0 Å². The van der Waals surface area contributed by atoms with Crippen LogP contribution in [0, 0.1) is 0 Å². The molecule has 0 saturated heterocycles. The highest BCUT2D eigenvalue weighted by atomic mass is 35.5. The predicted octanol–water partition coefficient (Wildman–Crippen LogP) is 3.27. The average molecular weight is 317 g/mol. The van der Waals surface area contributed by atoms with Crippen LogP contribution in [-0.2, 0) is 11.2 Å². The molecular formula is C17H17ClN2O2. The monoisotopic (exact) mass is 316 g/mol. The highest BCUT2D eigenvalue weighted by molar-refractivity contribution is 6.34. The van der Waals surface area contributed by atoms with Gasteiger partial charge in [-0.2, -0.15) is 0 Å². The van der Waals surface area contributed by atoms with Crippen molar-refractivity contribution < 1.29 is 9.59 Å². The van der Waals surface area contributed by atoms with E-state index >= 15 is 0 Å². The number of anilines is 1. The molecule has 2 amide bonds. The van der Waals surface area contributed by atoms with Crippen molar-refractivity contribution in [2.75, 3.05) is 12.4 Å². The van der Waals surface area contributed by atoms with Crippen LogP contribution in [0.1, 0.15) is 22.3 Å². The van der Waals surface area contributed by atoms with Gasteiger partial charge < -0.3 is 10.6 Å². The zero-order valence-electron chi connectivity index (χ0n) is 12.2. The van der Waals surface area contributed by atoms with Gasteiger partial charge in [0.1, 0.15) is 0 Å². The maximum atomic E-state index is 12.1. The van der Waals surface area contributed by atoms with Gasteiger partial charge >= 0.3 is 0 Å². The number of rotatable bonds is 5. The maximum absolute atomic E-state index is 12.1. The quantitative estimate of drug-likeness (QED) is 0.889. The molecule has 0 aliphatic heterocycles. The first-order valence-electron chi connectivity index (χ1n) is 6.95. The molecule has 5 heteroatoms. The molecule has 0 aliphatic rings. The molecule has 2 aromatic rings. The van der Waals surface area contributed by atoms with Crippen molar-refractivity contribution in [1.82, 2.24) is 5.32 Å². The number of halogens is 1. The first kappa shape index (κ1) is 16.0. The lowest BCUT2D eigenvalue weighted by Crippen LogP contribution is -2.17. The summed E-state index contributed by atoms with van der Waals surface area (Å²) in [6.45, 7) is 0. The Labute approximate surface area is 134 Å². The number of nitrogens with one attached hydrogen (secondary N) is 2. The van der Waals surface area contributed by atoms with Gasteiger partial charge in [-0.15, -0.1) is 0 Å². The Morgan fingerprint density at radius 1 is 1.05 bits per heavy atom. The molecule has 0 bridgehead atoms. The van der Waals surface area contributed by atoms with Crippen molar-refractivity contribution in [3.63, 3.8) is 0 Å². The summed E-state index contributed by atoms with van der Waals surface area (Å²) < 4.78 is 0. The van der Waals surface area contributed by atoms with Crippen LogP contribution in [-0.4, -0.2) is 18.9 Å². The maximum Gasteiger partial charge on any atom is 0.257 e. The topological polar surface area (TPSA) is 58.2 Å². The van der Waals surface area contributed by atoms with E-state index in [9.17, 15) is 9.59 Å². The van der Waals surface area contributed by atoms with Crippen LogP contribution in [0.3, 0.4) is 0 Å². The largest absolute Gasteiger partial charge is 0.359 e. The number of carbonyl (C=O) groups excluding carboxylic acids is 2. The van der Waals surface area contributed by atoms with E-state index in [1.54, 1.807) is 31.3 Å². The SMILES string of the molecule is CNC(=O)CCc1ccc(NC(=O)c2ccccc2Cl)cc1. The Kier molecular flexibility index (Phi) is 5.55. The zero-order chi connectivity index (χ0) is 15.9. The fraction of sp³-hybridized carbons (Fsp3) is 0.176. The Bertz CT molecular complexity index is 669. The van der Waals surface area contributed by atoms with Crippen LogP contribution in [0.2, 0.25) is 5.02 Å². The molecule has 22 heavy (non-hydrogen) atoms. The number of benzene rings is 2. The van der Waals surface area contributed by atoms with Crippen molar-refractivity contribution in [1.29, 1.82) is 0 Å². The van der Waals surface area contributed by atoms with Crippen molar-refractivity contribution >= 4 is 29.1 Å². The summed E-state index contributed by atoms with van der Waals surface area (Å²) in [5.41, 5.74) is 2.17. The minimum atomic E-state index is -0.247. The number of carbonyl (C=O) groups is 2. The van der Waals surface area contributed by atoms with Crippen LogP contribution < -0.4 is 10.6 Å². The lowest BCUT2D eigenvalue weighted by atomic mass is 10.1. The standard InChI is InChI=1S/C17H17ClN2O2/c1-19-16(21)11-8-12-6-9-13(10-7-12)20-17(22)14-4-2-3-5-15(14)18/h2-7,9-10H,8,11H2,1H3,(H,19,21)(H,20,22). The van der Waals surface area contributed by atoms with Crippen LogP contribution >= 0.6 is 11.6 Å². The van der Waals surface area contributed by atoms with Crippen molar-refractivity contribution in [2.45, 2.75) is 12.8 Å². The van der Waals surface area contributed by atoms with E-state index in [0.29, 0.717) is 29.1 Å². The molecule has 0 spiro atoms. The second kappa shape index (κ2) is 7.61. The number of hydrogen-bond donors (Lipinski definition) is 2. The summed E-state index contributed by atoms with van der Waals surface area (Å²) in [7, 11) is 1.62. The lowest BCUT2D eigenvalue weighted by molar-refractivity contribution is -0.120. The highest BCUT2D eigenvalue weighted by Crippen LogP contribution is 2.17. The Hall–Kier alpha value is -2.33. The second-order valence-corrected chi connectivity index (χ2v) is 5.21. The van der Waals surface area contributed by atoms with Crippen LogP contribution in [0.5, 0.6) is 0 Å². The third kappa shape index (κ3) is 4.33. The summed E-state index contributed by atoms with van der Waals surface area (Å²) in [5, 5.41) is 5.81. The minimum absolute atomic E-state index is 0.0103. The predicted molar refractivity (Wildman–Crippen MR) is 88.2 cm³/mol. The molecule has 4 nitrogen and oxygen atoms in total. The molecule has 0 saturated carbocycles. The normalized spacial score (nSPS) is 10.1. The van der Waals surface area contributed by atoms with Gasteiger partial charge in [-0.1, -0.05) is 35.9 Å². The molecule has 0 fully saturated rings. The third-order valence-corrected chi connectivity index (χ3v) is 3.58. The Morgan fingerprint density at radius 2 is 1.73 bits per heavy atom. The molecule has 2 N–H and O–H groups in total. The molecule has 0 unspecified atom stereocenters. The molecule has 2 rings (SSSR count). The first-order chi connectivity index (χ1) is 10.6. The van der Waals surface area contributed by atoms with E-state index < -0.39 is 0 Å². The zero-order valence-corrected chi connectivity index (χ0v) is 13.0.